The molecule has 4 fully saturated rings. The van der Waals surface area contributed by atoms with Crippen molar-refractivity contribution in [2.45, 2.75) is 75.5 Å². The summed E-state index contributed by atoms with van der Waals surface area (Å²) < 4.78 is 0. The molecule has 1 N–H and O–H groups in total. The van der Waals surface area contributed by atoms with Crippen LogP contribution in [-0.2, 0) is 0 Å². The largest absolute Gasteiger partial charge is 0.574 e. The molecule has 0 amide bonds. The predicted octanol–water partition coefficient (Wildman–Crippen LogP) is 1.95. The van der Waals surface area contributed by atoms with Gasteiger partial charge in [-0.05, 0) is 19.3 Å². The summed E-state index contributed by atoms with van der Waals surface area (Å²) in [7, 11) is 0. The molecule has 2 heterocycles. The highest BCUT2D eigenvalue weighted by molar-refractivity contribution is 5.10. The van der Waals surface area contributed by atoms with Gasteiger partial charge in [-0.15, -0.1) is 6.04 Å². The molecule has 4 nitrogen and oxygen atoms in total. The molecule has 0 radical (unpaired) electrons. The number of hydrazine groups is 2. The van der Waals surface area contributed by atoms with E-state index in [1.54, 1.807) is 0 Å². The Balaban J connectivity index is 1.57. The van der Waals surface area contributed by atoms with Gasteiger partial charge in [-0.1, -0.05) is 32.1 Å². The van der Waals surface area contributed by atoms with Gasteiger partial charge in [0.1, 0.15) is 0 Å². The number of hydrogen-bond acceptors (Lipinski definition) is 3. The summed E-state index contributed by atoms with van der Waals surface area (Å²) in [6.45, 7) is 0. The van der Waals surface area contributed by atoms with Crippen molar-refractivity contribution >= 4 is 0 Å². The molecule has 2 aliphatic heterocycles. The predicted molar refractivity (Wildman–Crippen MR) is 62.3 cm³/mol. The summed E-state index contributed by atoms with van der Waals surface area (Å²) >= 11 is 0. The zero-order chi connectivity index (χ0) is 10.5. The average molecular weight is 221 g/mol. The maximum absolute atomic E-state index is 4.95. The smallest absolute Gasteiger partial charge is 0.0381 e. The molecule has 2 saturated heterocycles. The summed E-state index contributed by atoms with van der Waals surface area (Å²) in [5.41, 5.74) is 8.67. The van der Waals surface area contributed by atoms with Crippen LogP contribution in [0.3, 0.4) is 0 Å². The van der Waals surface area contributed by atoms with Gasteiger partial charge in [-0.25, -0.2) is 5.43 Å². The van der Waals surface area contributed by atoms with Gasteiger partial charge in [0.2, 0.25) is 0 Å². The van der Waals surface area contributed by atoms with Crippen LogP contribution in [-0.4, -0.2) is 34.4 Å². The van der Waals surface area contributed by atoms with Gasteiger partial charge in [-0.2, -0.15) is 5.12 Å². The van der Waals surface area contributed by atoms with E-state index >= 15 is 0 Å². The van der Waals surface area contributed by atoms with E-state index in [9.17, 15) is 0 Å². The average Bonchev–Trinajstić information content (AvgIpc) is 2.85. The van der Waals surface area contributed by atoms with E-state index in [1.165, 1.54) is 51.4 Å². The normalized spacial score (nSPS) is 48.8. The maximum Gasteiger partial charge on any atom is 0.0381 e. The first-order chi connectivity index (χ1) is 7.93. The van der Waals surface area contributed by atoms with Crippen LogP contribution in [0.4, 0.5) is 0 Å². The van der Waals surface area contributed by atoms with Gasteiger partial charge >= 0.3 is 0 Å². The van der Waals surface area contributed by atoms with Crippen molar-refractivity contribution in [1.29, 1.82) is 0 Å². The Morgan fingerprint density at radius 1 is 0.875 bits per heavy atom. The Morgan fingerprint density at radius 2 is 1.62 bits per heavy atom. The van der Waals surface area contributed by atoms with Crippen molar-refractivity contribution in [2.24, 2.45) is 0 Å². The Bertz CT molecular complexity index is 254. The Labute approximate surface area is 97.3 Å². The highest BCUT2D eigenvalue weighted by Crippen LogP contribution is 2.43. The number of rotatable bonds is 0. The fraction of sp³-hybridized carbons (Fsp3) is 1.00. The third-order valence-corrected chi connectivity index (χ3v) is 4.82. The third-order valence-electron chi connectivity index (χ3n) is 4.82. The van der Waals surface area contributed by atoms with E-state index in [0.29, 0.717) is 24.2 Å². The minimum absolute atomic E-state index is 0.587. The molecular formula is C12H21N4-. The van der Waals surface area contributed by atoms with Crippen molar-refractivity contribution in [3.8, 4) is 0 Å². The molecule has 0 spiro atoms. The summed E-state index contributed by atoms with van der Waals surface area (Å²) in [6, 6.07) is 2.60. The minimum Gasteiger partial charge on any atom is -0.574 e. The number of nitrogens with zero attached hydrogens (tertiary/aromatic N) is 3. The highest BCUT2D eigenvalue weighted by atomic mass is 16.0. The van der Waals surface area contributed by atoms with Crippen molar-refractivity contribution in [2.75, 3.05) is 0 Å². The van der Waals surface area contributed by atoms with Crippen LogP contribution >= 0.6 is 0 Å². The van der Waals surface area contributed by atoms with Gasteiger partial charge in [-0.3, -0.25) is 0 Å². The standard InChI is InChI=1S/C12H21N4/c1-3-7-11-9(5-1)13-16-12-8-4-2-6-10(12)14-15(11)16/h9-13H,1-8H2/q-1. The lowest BCUT2D eigenvalue weighted by atomic mass is 9.90. The highest BCUT2D eigenvalue weighted by Gasteiger charge is 2.44. The molecule has 0 bridgehead atoms. The SMILES string of the molecule is C1CCC2C(C1)[N-]N1C3CCCCC3NN21. The van der Waals surface area contributed by atoms with E-state index in [0.717, 1.165) is 0 Å². The monoisotopic (exact) mass is 221 g/mol. The van der Waals surface area contributed by atoms with Crippen LogP contribution in [0, 0.1) is 0 Å². The van der Waals surface area contributed by atoms with E-state index in [4.69, 9.17) is 5.43 Å². The van der Waals surface area contributed by atoms with Crippen LogP contribution in [0.15, 0.2) is 0 Å². The second-order valence-corrected chi connectivity index (χ2v) is 5.79. The molecule has 4 heteroatoms. The zero-order valence-corrected chi connectivity index (χ0v) is 9.81. The first-order valence-electron chi connectivity index (χ1n) is 6.99. The van der Waals surface area contributed by atoms with E-state index in [1.807, 2.05) is 0 Å². The molecule has 90 valence electrons. The van der Waals surface area contributed by atoms with Crippen LogP contribution in [0.2, 0.25) is 0 Å². The summed E-state index contributed by atoms with van der Waals surface area (Å²) in [5, 5.41) is 4.72. The molecule has 0 aromatic carbocycles. The van der Waals surface area contributed by atoms with E-state index in [2.05, 4.69) is 15.7 Å². The van der Waals surface area contributed by atoms with E-state index in [-0.39, 0.29) is 0 Å². The molecule has 4 rings (SSSR count). The topological polar surface area (TPSA) is 32.6 Å². The molecular weight excluding hydrogens is 200 g/mol. The first kappa shape index (κ1) is 9.83. The molecule has 4 unspecified atom stereocenters. The van der Waals surface area contributed by atoms with Crippen molar-refractivity contribution in [1.82, 2.24) is 15.7 Å². The first-order valence-corrected chi connectivity index (χ1v) is 6.99. The van der Waals surface area contributed by atoms with Gasteiger partial charge in [0, 0.05) is 18.1 Å². The van der Waals surface area contributed by atoms with Crippen LogP contribution in [0.5, 0.6) is 0 Å². The minimum atomic E-state index is 0.587. The van der Waals surface area contributed by atoms with Crippen molar-refractivity contribution < 1.29 is 0 Å². The van der Waals surface area contributed by atoms with Gasteiger partial charge in [0.15, 0.2) is 0 Å². The number of nitrogens with one attached hydrogen (secondary N) is 1. The molecule has 0 aromatic heterocycles. The fourth-order valence-corrected chi connectivity index (χ4v) is 3.98. The molecule has 16 heavy (non-hydrogen) atoms. The lowest BCUT2D eigenvalue weighted by Crippen LogP contribution is -2.46. The van der Waals surface area contributed by atoms with Crippen molar-refractivity contribution in [3.63, 3.8) is 0 Å². The molecule has 4 atom stereocenters. The molecule has 4 aliphatic rings. The quantitative estimate of drug-likeness (QED) is 0.678. The number of fused-ring (bicyclic) bond motifs is 5. The zero-order valence-electron chi connectivity index (χ0n) is 9.81. The van der Waals surface area contributed by atoms with Crippen LogP contribution < -0.4 is 5.43 Å². The van der Waals surface area contributed by atoms with E-state index < -0.39 is 0 Å². The molecule has 2 saturated carbocycles. The number of hydrogen-bond donors (Lipinski definition) is 1. The Morgan fingerprint density at radius 3 is 2.56 bits per heavy atom. The summed E-state index contributed by atoms with van der Waals surface area (Å²) in [5.74, 6) is 0. The second kappa shape index (κ2) is 3.67. The third kappa shape index (κ3) is 1.30. The summed E-state index contributed by atoms with van der Waals surface area (Å²) in [4.78, 5) is 0. The van der Waals surface area contributed by atoms with Gasteiger partial charge in [0.25, 0.3) is 0 Å². The Kier molecular flexibility index (Phi) is 2.25. The fourth-order valence-electron chi connectivity index (χ4n) is 3.98. The van der Waals surface area contributed by atoms with Crippen molar-refractivity contribution in [3.05, 3.63) is 5.43 Å². The lowest BCUT2D eigenvalue weighted by molar-refractivity contribution is -0.00437. The van der Waals surface area contributed by atoms with Crippen LogP contribution in [0.1, 0.15) is 51.4 Å². The summed E-state index contributed by atoms with van der Waals surface area (Å²) in [6.07, 6.45) is 10.8. The van der Waals surface area contributed by atoms with Crippen LogP contribution in [0.25, 0.3) is 5.43 Å². The lowest BCUT2D eigenvalue weighted by Gasteiger charge is -2.39. The molecule has 2 aliphatic carbocycles. The second-order valence-electron chi connectivity index (χ2n) is 5.79. The molecule has 0 aromatic rings. The van der Waals surface area contributed by atoms with Gasteiger partial charge < -0.3 is 10.5 Å². The Hall–Kier alpha value is -0.160. The van der Waals surface area contributed by atoms with Gasteiger partial charge in [0.05, 0.1) is 0 Å². The maximum atomic E-state index is 4.95.